The van der Waals surface area contributed by atoms with Crippen LogP contribution in [-0.4, -0.2) is 40.2 Å². The highest BCUT2D eigenvalue weighted by molar-refractivity contribution is 8.00. The molecule has 0 aliphatic carbocycles. The molecule has 1 aliphatic rings. The molecule has 1 unspecified atom stereocenters. The molecule has 45 heavy (non-hydrogen) atoms. The molecule has 3 aromatic carbocycles. The van der Waals surface area contributed by atoms with Crippen LogP contribution in [0.2, 0.25) is 5.02 Å². The Labute approximate surface area is 276 Å². The second kappa shape index (κ2) is 14.9. The number of anilines is 1. The molecule has 1 amide bonds. The van der Waals surface area contributed by atoms with Crippen LogP contribution in [0.4, 0.5) is 5.13 Å². The number of thioether (sulfide) groups is 1. The number of ether oxygens (including phenoxy) is 2. The van der Waals surface area contributed by atoms with Crippen molar-refractivity contribution in [2.24, 2.45) is 0 Å². The summed E-state index contributed by atoms with van der Waals surface area (Å²) in [5.41, 5.74) is 3.16. The molecule has 234 valence electrons. The fourth-order valence-electron chi connectivity index (χ4n) is 4.91. The van der Waals surface area contributed by atoms with Crippen LogP contribution in [0.5, 0.6) is 11.5 Å². The lowest BCUT2D eigenvalue weighted by molar-refractivity contribution is -0.132. The molecule has 1 N–H and O–H groups in total. The molecule has 1 fully saturated rings. The average molecular weight is 664 g/mol. The van der Waals surface area contributed by atoms with Crippen LogP contribution >= 0.6 is 34.7 Å². The number of Topliss-reactive ketones (excluding diaryl/α,β-unsaturated/α-hetero) is 1. The van der Waals surface area contributed by atoms with Crippen LogP contribution in [0, 0.1) is 6.92 Å². The molecular weight excluding hydrogens is 630 g/mol. The topological polar surface area (TPSA) is 102 Å². The van der Waals surface area contributed by atoms with Gasteiger partial charge in [0.1, 0.15) is 5.76 Å². The number of carbonyl (C=O) groups excluding carboxylic acids is 2. The molecule has 1 atom stereocenters. The maximum absolute atomic E-state index is 13.7. The van der Waals surface area contributed by atoms with Crippen LogP contribution in [0.1, 0.15) is 61.4 Å². The van der Waals surface area contributed by atoms with Gasteiger partial charge in [-0.1, -0.05) is 90.4 Å². The number of aryl methyl sites for hydroxylation is 1. The minimum Gasteiger partial charge on any atom is -0.507 e. The van der Waals surface area contributed by atoms with E-state index in [9.17, 15) is 14.7 Å². The minimum absolute atomic E-state index is 0.0644. The van der Waals surface area contributed by atoms with Crippen molar-refractivity contribution in [2.75, 3.05) is 18.1 Å². The Hall–Kier alpha value is -3.86. The van der Waals surface area contributed by atoms with Gasteiger partial charge in [-0.05, 0) is 67.8 Å². The van der Waals surface area contributed by atoms with E-state index in [0.29, 0.717) is 51.0 Å². The Morgan fingerprint density at radius 3 is 2.44 bits per heavy atom. The van der Waals surface area contributed by atoms with Gasteiger partial charge in [-0.3, -0.25) is 14.5 Å². The molecule has 0 spiro atoms. The summed E-state index contributed by atoms with van der Waals surface area (Å²) in [4.78, 5) is 28.6. The van der Waals surface area contributed by atoms with Crippen LogP contribution in [0.3, 0.4) is 0 Å². The summed E-state index contributed by atoms with van der Waals surface area (Å²) in [5, 5.41) is 20.8. The Morgan fingerprint density at radius 1 is 0.978 bits per heavy atom. The van der Waals surface area contributed by atoms with E-state index in [1.165, 1.54) is 33.6 Å². The zero-order chi connectivity index (χ0) is 31.9. The zero-order valence-electron chi connectivity index (χ0n) is 25.3. The van der Waals surface area contributed by atoms with Gasteiger partial charge < -0.3 is 14.6 Å². The molecule has 1 aromatic heterocycles. The smallest absolute Gasteiger partial charge is 0.301 e. The highest BCUT2D eigenvalue weighted by atomic mass is 35.5. The summed E-state index contributed by atoms with van der Waals surface area (Å²) >= 11 is 8.79. The first-order valence-electron chi connectivity index (χ1n) is 14.8. The summed E-state index contributed by atoms with van der Waals surface area (Å²) in [6.07, 6.45) is 3.03. The first-order valence-corrected chi connectivity index (χ1v) is 17.0. The van der Waals surface area contributed by atoms with Crippen LogP contribution in [0.25, 0.3) is 5.76 Å². The fraction of sp³-hybridized carbons (Fsp3) is 0.294. The van der Waals surface area contributed by atoms with Gasteiger partial charge in [0, 0.05) is 16.3 Å². The van der Waals surface area contributed by atoms with Crippen molar-refractivity contribution in [1.29, 1.82) is 0 Å². The van der Waals surface area contributed by atoms with Crippen molar-refractivity contribution in [2.45, 2.75) is 56.2 Å². The van der Waals surface area contributed by atoms with Gasteiger partial charge in [-0.25, -0.2) is 0 Å². The summed E-state index contributed by atoms with van der Waals surface area (Å²) in [5.74, 6) is -0.222. The number of rotatable bonds is 13. The number of aliphatic hydroxyl groups excluding tert-OH is 1. The normalized spacial score (nSPS) is 15.9. The van der Waals surface area contributed by atoms with Crippen molar-refractivity contribution in [3.05, 3.63) is 99.6 Å². The van der Waals surface area contributed by atoms with Crippen molar-refractivity contribution in [1.82, 2.24) is 10.2 Å². The minimum atomic E-state index is -0.989. The first-order chi connectivity index (χ1) is 21.8. The third-order valence-corrected chi connectivity index (χ3v) is 9.61. The van der Waals surface area contributed by atoms with E-state index >= 15 is 0 Å². The molecule has 5 rings (SSSR count). The molecule has 4 aromatic rings. The van der Waals surface area contributed by atoms with E-state index in [1.54, 1.807) is 42.5 Å². The molecule has 0 saturated carbocycles. The number of nitrogens with zero attached hydrogens (tertiary/aromatic N) is 3. The molecule has 1 aliphatic heterocycles. The van der Waals surface area contributed by atoms with E-state index in [1.807, 2.05) is 13.8 Å². The van der Waals surface area contributed by atoms with Gasteiger partial charge in [0.15, 0.2) is 15.8 Å². The van der Waals surface area contributed by atoms with Gasteiger partial charge in [-0.2, -0.15) is 0 Å². The van der Waals surface area contributed by atoms with Gasteiger partial charge >= 0.3 is 5.91 Å². The Balaban J connectivity index is 1.54. The number of hydrogen-bond acceptors (Lipinski definition) is 9. The molecule has 1 saturated heterocycles. The van der Waals surface area contributed by atoms with Gasteiger partial charge in [0.25, 0.3) is 5.78 Å². The van der Waals surface area contributed by atoms with Gasteiger partial charge in [-0.15, -0.1) is 10.2 Å². The molecule has 0 bridgehead atoms. The van der Waals surface area contributed by atoms with Crippen molar-refractivity contribution in [3.8, 4) is 11.5 Å². The molecule has 2 heterocycles. The summed E-state index contributed by atoms with van der Waals surface area (Å²) < 4.78 is 12.6. The van der Waals surface area contributed by atoms with Crippen LogP contribution in [-0.2, 0) is 15.3 Å². The highest BCUT2D eigenvalue weighted by Gasteiger charge is 2.48. The van der Waals surface area contributed by atoms with E-state index in [0.717, 1.165) is 24.8 Å². The number of ketones is 1. The molecule has 8 nitrogen and oxygen atoms in total. The van der Waals surface area contributed by atoms with Crippen LogP contribution in [0.15, 0.2) is 76.6 Å². The lowest BCUT2D eigenvalue weighted by Gasteiger charge is -2.23. The lowest BCUT2D eigenvalue weighted by Crippen LogP contribution is -2.29. The number of halogens is 1. The predicted molar refractivity (Wildman–Crippen MR) is 180 cm³/mol. The fourth-order valence-corrected chi connectivity index (χ4v) is 6.86. The number of aliphatic hydroxyl groups is 1. The van der Waals surface area contributed by atoms with E-state index in [2.05, 4.69) is 41.4 Å². The first kappa shape index (κ1) is 32.5. The number of carbonyl (C=O) groups is 2. The number of hydrogen-bond donors (Lipinski definition) is 1. The summed E-state index contributed by atoms with van der Waals surface area (Å²) in [6, 6.07) is 19.0. The third kappa shape index (κ3) is 7.52. The Kier molecular flexibility index (Phi) is 10.8. The predicted octanol–water partition coefficient (Wildman–Crippen LogP) is 8.39. The molecule has 0 radical (unpaired) electrons. The van der Waals surface area contributed by atoms with Gasteiger partial charge in [0.05, 0.1) is 24.8 Å². The number of benzene rings is 3. The van der Waals surface area contributed by atoms with Crippen molar-refractivity contribution >= 4 is 57.3 Å². The SMILES string of the molecule is CCCCCOc1ccc(C2C(=C(O)c3ccc(Cl)cc3)C(=O)C(=O)N2c2nnc(SCc3ccc(C)cc3)s2)cc1OCC. The van der Waals surface area contributed by atoms with E-state index in [-0.39, 0.29) is 16.5 Å². The average Bonchev–Trinajstić information content (AvgIpc) is 3.61. The monoisotopic (exact) mass is 663 g/mol. The number of aromatic nitrogens is 2. The summed E-state index contributed by atoms with van der Waals surface area (Å²) in [7, 11) is 0. The van der Waals surface area contributed by atoms with Crippen molar-refractivity contribution in [3.63, 3.8) is 0 Å². The standard InChI is InChI=1S/C34H34ClN3O5S2/c1-4-6-7-18-43-26-17-14-24(19-27(26)42-5-2)29-28(30(39)23-12-15-25(35)16-13-23)31(40)32(41)38(29)33-36-37-34(45-33)44-20-22-10-8-21(3)9-11-22/h8-17,19,29,39H,4-7,18,20H2,1-3H3. The second-order valence-corrected chi connectivity index (χ2v) is 13.1. The maximum atomic E-state index is 13.7. The molecule has 11 heteroatoms. The van der Waals surface area contributed by atoms with Crippen LogP contribution < -0.4 is 14.4 Å². The van der Waals surface area contributed by atoms with Crippen molar-refractivity contribution < 1.29 is 24.2 Å². The quantitative estimate of drug-likeness (QED) is 0.0380. The van der Waals surface area contributed by atoms with E-state index in [4.69, 9.17) is 21.1 Å². The Morgan fingerprint density at radius 2 is 1.73 bits per heavy atom. The lowest BCUT2D eigenvalue weighted by atomic mass is 9.95. The number of amides is 1. The largest absolute Gasteiger partial charge is 0.507 e. The zero-order valence-corrected chi connectivity index (χ0v) is 27.7. The Bertz CT molecular complexity index is 1690. The third-order valence-electron chi connectivity index (χ3n) is 7.24. The molecular formula is C34H34ClN3O5S2. The maximum Gasteiger partial charge on any atom is 0.301 e. The van der Waals surface area contributed by atoms with Gasteiger partial charge in [0.2, 0.25) is 5.13 Å². The number of unbranched alkanes of at least 4 members (excludes halogenated alkanes) is 2. The van der Waals surface area contributed by atoms with E-state index < -0.39 is 17.7 Å². The highest BCUT2D eigenvalue weighted by Crippen LogP contribution is 2.45. The summed E-state index contributed by atoms with van der Waals surface area (Å²) in [6.45, 7) is 6.97. The second-order valence-electron chi connectivity index (χ2n) is 10.5.